The average Bonchev–Trinajstić information content (AvgIpc) is 3.34. The van der Waals surface area contributed by atoms with E-state index in [-0.39, 0.29) is 17.3 Å². The fourth-order valence-electron chi connectivity index (χ4n) is 2.79. The molecule has 2 aromatic heterocycles. The summed E-state index contributed by atoms with van der Waals surface area (Å²) in [6, 6.07) is 9.07. The molecule has 0 saturated heterocycles. The van der Waals surface area contributed by atoms with Crippen molar-refractivity contribution in [2.75, 3.05) is 7.05 Å². The van der Waals surface area contributed by atoms with Crippen molar-refractivity contribution in [1.29, 1.82) is 0 Å². The smallest absolute Gasteiger partial charge is 0.250 e. The highest BCUT2D eigenvalue weighted by Gasteiger charge is 2.26. The Balaban J connectivity index is 1.72. The van der Waals surface area contributed by atoms with E-state index in [2.05, 4.69) is 25.7 Å². The largest absolute Gasteiger partial charge is 0.419 e. The fourth-order valence-corrected chi connectivity index (χ4v) is 2.79. The summed E-state index contributed by atoms with van der Waals surface area (Å²) in [5.41, 5.74) is 1.63. The summed E-state index contributed by atoms with van der Waals surface area (Å²) in [5, 5.41) is 18.9. The van der Waals surface area contributed by atoms with Crippen molar-refractivity contribution in [2.24, 2.45) is 0 Å². The fraction of sp³-hybridized carbons (Fsp3) is 0.190. The molecule has 4 aromatic rings. The zero-order chi connectivity index (χ0) is 20.6. The lowest BCUT2D eigenvalue weighted by molar-refractivity contribution is 0.331. The third kappa shape index (κ3) is 3.66. The van der Waals surface area contributed by atoms with Gasteiger partial charge in [-0.2, -0.15) is 5.10 Å². The molecule has 0 aliphatic carbocycles. The third-order valence-corrected chi connectivity index (χ3v) is 4.80. The monoisotopic (exact) mass is 395 g/mol. The number of nitrogens with one attached hydrogen (secondary N) is 2. The van der Waals surface area contributed by atoms with Crippen LogP contribution in [-0.4, -0.2) is 27.4 Å². The van der Waals surface area contributed by atoms with E-state index in [0.29, 0.717) is 22.5 Å². The van der Waals surface area contributed by atoms with Gasteiger partial charge < -0.3 is 9.73 Å². The van der Waals surface area contributed by atoms with E-state index >= 15 is 0 Å². The van der Waals surface area contributed by atoms with Gasteiger partial charge in [-0.25, -0.2) is 8.78 Å². The first-order chi connectivity index (χ1) is 13.9. The van der Waals surface area contributed by atoms with Gasteiger partial charge in [0.1, 0.15) is 11.6 Å². The van der Waals surface area contributed by atoms with Gasteiger partial charge in [0.05, 0.1) is 22.3 Å². The van der Waals surface area contributed by atoms with Gasteiger partial charge in [0, 0.05) is 11.5 Å². The van der Waals surface area contributed by atoms with Crippen molar-refractivity contribution in [3.63, 3.8) is 0 Å². The van der Waals surface area contributed by atoms with Gasteiger partial charge in [-0.15, -0.1) is 10.2 Å². The van der Waals surface area contributed by atoms with Gasteiger partial charge in [0.15, 0.2) is 0 Å². The molecule has 6 nitrogen and oxygen atoms in total. The molecule has 4 rings (SSSR count). The van der Waals surface area contributed by atoms with Crippen LogP contribution >= 0.6 is 0 Å². The summed E-state index contributed by atoms with van der Waals surface area (Å²) in [5.74, 6) is -0.337. The number of benzene rings is 2. The molecule has 0 aliphatic rings. The third-order valence-electron chi connectivity index (χ3n) is 4.80. The number of fused-ring (bicyclic) bond motifs is 1. The average molecular weight is 395 g/mol. The predicted molar refractivity (Wildman–Crippen MR) is 107 cm³/mol. The number of hydrogen-bond donors (Lipinski definition) is 2. The molecule has 148 valence electrons. The minimum absolute atomic E-state index is 0.0948. The molecule has 0 saturated carbocycles. The topological polar surface area (TPSA) is 79.6 Å². The van der Waals surface area contributed by atoms with Crippen LogP contribution in [-0.2, 0) is 5.54 Å². The van der Waals surface area contributed by atoms with Crippen LogP contribution in [0, 0.1) is 11.6 Å². The van der Waals surface area contributed by atoms with E-state index in [1.165, 1.54) is 18.2 Å². The minimum atomic E-state index is -0.537. The van der Waals surface area contributed by atoms with Crippen molar-refractivity contribution in [3.8, 4) is 11.5 Å². The number of aromatic nitrogens is 4. The molecule has 0 spiro atoms. The molecule has 2 N–H and O–H groups in total. The summed E-state index contributed by atoms with van der Waals surface area (Å²) >= 11 is 0. The zero-order valence-electron chi connectivity index (χ0n) is 16.1. The molecule has 0 aliphatic heterocycles. The van der Waals surface area contributed by atoms with Gasteiger partial charge in [-0.1, -0.05) is 18.2 Å². The molecule has 2 aromatic carbocycles. The van der Waals surface area contributed by atoms with Gasteiger partial charge in [0.25, 0.3) is 5.89 Å². The molecule has 0 amide bonds. The predicted octanol–water partition coefficient (Wildman–Crippen LogP) is 4.52. The SMILES string of the molecule is CNC(C)(C)c1nnc(-c2cc3c(/C=C/c4ccc(F)cc4)n[nH]c3cc2F)o1. The maximum Gasteiger partial charge on any atom is 0.250 e. The van der Waals surface area contributed by atoms with E-state index in [0.717, 1.165) is 5.56 Å². The Morgan fingerprint density at radius 2 is 1.83 bits per heavy atom. The Morgan fingerprint density at radius 3 is 2.55 bits per heavy atom. The summed E-state index contributed by atoms with van der Waals surface area (Å²) in [6.07, 6.45) is 3.58. The highest BCUT2D eigenvalue weighted by atomic mass is 19.1. The van der Waals surface area contributed by atoms with Crippen LogP contribution in [0.25, 0.3) is 34.5 Å². The van der Waals surface area contributed by atoms with Crippen molar-refractivity contribution >= 4 is 23.1 Å². The molecule has 0 bridgehead atoms. The molecular formula is C21H19F2N5O. The maximum absolute atomic E-state index is 14.6. The number of H-pyrrole nitrogens is 1. The number of halogens is 2. The first-order valence-electron chi connectivity index (χ1n) is 9.02. The lowest BCUT2D eigenvalue weighted by Crippen LogP contribution is -2.33. The second kappa shape index (κ2) is 7.21. The van der Waals surface area contributed by atoms with E-state index in [4.69, 9.17) is 4.42 Å². The van der Waals surface area contributed by atoms with Crippen LogP contribution in [0.1, 0.15) is 31.0 Å². The minimum Gasteiger partial charge on any atom is -0.419 e. The second-order valence-corrected chi connectivity index (χ2v) is 7.16. The quantitative estimate of drug-likeness (QED) is 0.520. The first kappa shape index (κ1) is 18.9. The van der Waals surface area contributed by atoms with E-state index in [1.807, 2.05) is 13.8 Å². The van der Waals surface area contributed by atoms with E-state index in [1.54, 1.807) is 37.4 Å². The molecule has 0 atom stereocenters. The van der Waals surface area contributed by atoms with Crippen LogP contribution in [0.5, 0.6) is 0 Å². The summed E-state index contributed by atoms with van der Waals surface area (Å²) in [7, 11) is 1.78. The maximum atomic E-state index is 14.6. The Hall–Kier alpha value is -3.39. The highest BCUT2D eigenvalue weighted by molar-refractivity contribution is 5.92. The number of rotatable bonds is 5. The van der Waals surface area contributed by atoms with E-state index in [9.17, 15) is 8.78 Å². The lowest BCUT2D eigenvalue weighted by Gasteiger charge is -2.18. The van der Waals surface area contributed by atoms with E-state index < -0.39 is 11.4 Å². The summed E-state index contributed by atoms with van der Waals surface area (Å²) in [6.45, 7) is 3.77. The van der Waals surface area contributed by atoms with Crippen molar-refractivity contribution in [2.45, 2.75) is 19.4 Å². The first-order valence-corrected chi connectivity index (χ1v) is 9.02. The molecule has 0 radical (unpaired) electrons. The van der Waals surface area contributed by atoms with Crippen LogP contribution in [0.3, 0.4) is 0 Å². The van der Waals surface area contributed by atoms with Crippen LogP contribution in [0.4, 0.5) is 8.78 Å². The molecule has 0 fully saturated rings. The van der Waals surface area contributed by atoms with Crippen LogP contribution in [0.2, 0.25) is 0 Å². The van der Waals surface area contributed by atoms with Crippen LogP contribution in [0.15, 0.2) is 40.8 Å². The zero-order valence-corrected chi connectivity index (χ0v) is 16.1. The second-order valence-electron chi connectivity index (χ2n) is 7.16. The van der Waals surface area contributed by atoms with Gasteiger partial charge in [-0.3, -0.25) is 5.10 Å². The number of nitrogens with zero attached hydrogens (tertiary/aromatic N) is 3. The number of aromatic amines is 1. The van der Waals surface area contributed by atoms with Gasteiger partial charge >= 0.3 is 0 Å². The summed E-state index contributed by atoms with van der Waals surface area (Å²) in [4.78, 5) is 0. The van der Waals surface area contributed by atoms with Gasteiger partial charge in [0.2, 0.25) is 5.89 Å². The van der Waals surface area contributed by atoms with Crippen molar-refractivity contribution in [1.82, 2.24) is 25.7 Å². The molecule has 8 heteroatoms. The lowest BCUT2D eigenvalue weighted by atomic mass is 10.1. The molecule has 29 heavy (non-hydrogen) atoms. The Bertz CT molecular complexity index is 1190. The Morgan fingerprint density at radius 1 is 1.07 bits per heavy atom. The van der Waals surface area contributed by atoms with Crippen LogP contribution < -0.4 is 5.32 Å². The van der Waals surface area contributed by atoms with Crippen molar-refractivity contribution in [3.05, 3.63) is 65.2 Å². The number of hydrogen-bond acceptors (Lipinski definition) is 5. The Labute approximate surface area is 165 Å². The summed E-state index contributed by atoms with van der Waals surface area (Å²) < 4.78 is 33.4. The molecule has 2 heterocycles. The molecule has 0 unspecified atom stereocenters. The van der Waals surface area contributed by atoms with Crippen molar-refractivity contribution < 1.29 is 13.2 Å². The Kier molecular flexibility index (Phi) is 4.71. The normalized spacial score (nSPS) is 12.3. The standard InChI is InChI=1S/C21H19F2N5O/c1-21(2,24-3)20-28-27-19(29-20)14-10-15-17(25-26-18(15)11-16(14)23)9-6-12-4-7-13(22)8-5-12/h4-11,24H,1-3H3,(H,25,26)/b9-6+. The highest BCUT2D eigenvalue weighted by Crippen LogP contribution is 2.30. The van der Waals surface area contributed by atoms with Gasteiger partial charge in [-0.05, 0) is 50.7 Å². The molecular weight excluding hydrogens is 376 g/mol.